The van der Waals surface area contributed by atoms with Crippen molar-refractivity contribution in [3.05, 3.63) is 39.3 Å². The minimum Gasteiger partial charge on any atom is -0.304 e. The second-order valence-electron chi connectivity index (χ2n) is 3.36. The van der Waals surface area contributed by atoms with Gasteiger partial charge in [-0.2, -0.15) is 0 Å². The van der Waals surface area contributed by atoms with Crippen molar-refractivity contribution < 1.29 is 9.18 Å². The minimum absolute atomic E-state index is 0.274. The van der Waals surface area contributed by atoms with Gasteiger partial charge in [-0.05, 0) is 40.8 Å². The number of amides is 1. The van der Waals surface area contributed by atoms with Gasteiger partial charge in [0.05, 0.1) is 11.8 Å². The van der Waals surface area contributed by atoms with Crippen LogP contribution in [0, 0.1) is 9.39 Å². The van der Waals surface area contributed by atoms with Gasteiger partial charge < -0.3 is 5.32 Å². The fourth-order valence-electron chi connectivity index (χ4n) is 1.26. The normalized spacial score (nSPS) is 10.3. The molecule has 1 heterocycles. The van der Waals surface area contributed by atoms with Gasteiger partial charge in [0, 0.05) is 10.6 Å². The van der Waals surface area contributed by atoms with Crippen LogP contribution in [-0.2, 0) is 7.05 Å². The van der Waals surface area contributed by atoms with Gasteiger partial charge in [0.1, 0.15) is 5.82 Å². The Morgan fingerprint density at radius 3 is 2.94 bits per heavy atom. The van der Waals surface area contributed by atoms with Crippen molar-refractivity contribution in [1.82, 2.24) is 15.0 Å². The van der Waals surface area contributed by atoms with Crippen LogP contribution in [0.5, 0.6) is 0 Å². The smallest absolute Gasteiger partial charge is 0.258 e. The Labute approximate surface area is 110 Å². The molecule has 0 radical (unpaired) electrons. The third-order valence-corrected chi connectivity index (χ3v) is 2.96. The van der Waals surface area contributed by atoms with Gasteiger partial charge in [-0.25, -0.2) is 4.39 Å². The van der Waals surface area contributed by atoms with Gasteiger partial charge >= 0.3 is 0 Å². The number of aromatic nitrogens is 3. The lowest BCUT2D eigenvalue weighted by molar-refractivity contribution is 0.102. The number of nitrogens with zero attached hydrogens (tertiary/aromatic N) is 3. The zero-order valence-corrected chi connectivity index (χ0v) is 11.0. The first-order chi connectivity index (χ1) is 8.06. The molecule has 2 rings (SSSR count). The van der Waals surface area contributed by atoms with Crippen LogP contribution in [0.4, 0.5) is 10.2 Å². The van der Waals surface area contributed by atoms with Gasteiger partial charge in [-0.1, -0.05) is 5.21 Å². The molecule has 5 nitrogen and oxygen atoms in total. The Morgan fingerprint density at radius 2 is 2.29 bits per heavy atom. The van der Waals surface area contributed by atoms with Crippen LogP contribution in [0.25, 0.3) is 0 Å². The number of halogens is 2. The van der Waals surface area contributed by atoms with Gasteiger partial charge in [0.25, 0.3) is 5.91 Å². The summed E-state index contributed by atoms with van der Waals surface area (Å²) in [6, 6.07) is 4.04. The highest BCUT2D eigenvalue weighted by Crippen LogP contribution is 2.15. The number of aryl methyl sites for hydroxylation is 1. The van der Waals surface area contributed by atoms with E-state index in [1.54, 1.807) is 19.3 Å². The molecule has 0 aliphatic carbocycles. The fraction of sp³-hybridized carbons (Fsp3) is 0.100. The molecular formula is C10H8FIN4O. The van der Waals surface area contributed by atoms with Gasteiger partial charge in [-0.3, -0.25) is 9.48 Å². The van der Waals surface area contributed by atoms with E-state index in [1.165, 1.54) is 16.8 Å². The number of rotatable bonds is 2. The van der Waals surface area contributed by atoms with E-state index < -0.39 is 11.7 Å². The summed E-state index contributed by atoms with van der Waals surface area (Å²) < 4.78 is 15.2. The molecule has 1 amide bonds. The third-order valence-electron chi connectivity index (χ3n) is 2.02. The first kappa shape index (κ1) is 12.0. The molecule has 7 heteroatoms. The molecule has 1 aromatic carbocycles. The van der Waals surface area contributed by atoms with E-state index in [0.717, 1.165) is 0 Å². The summed E-state index contributed by atoms with van der Waals surface area (Å²) in [5.74, 6) is -0.526. The van der Waals surface area contributed by atoms with E-state index in [1.807, 2.05) is 22.6 Å². The Bertz CT molecular complexity index is 569. The number of nitrogens with one attached hydrogen (secondary N) is 1. The second-order valence-corrected chi connectivity index (χ2v) is 4.52. The molecule has 0 saturated carbocycles. The van der Waals surface area contributed by atoms with Gasteiger partial charge in [-0.15, -0.1) is 5.10 Å². The number of hydrogen-bond acceptors (Lipinski definition) is 3. The van der Waals surface area contributed by atoms with Crippen LogP contribution in [0.2, 0.25) is 0 Å². The predicted octanol–water partition coefficient (Wildman–Crippen LogP) is 1.81. The SMILES string of the molecule is Cn1cc(NC(=O)c2cc(F)ccc2I)nn1. The van der Waals surface area contributed by atoms with E-state index in [4.69, 9.17) is 0 Å². The van der Waals surface area contributed by atoms with Crippen LogP contribution < -0.4 is 5.32 Å². The summed E-state index contributed by atoms with van der Waals surface area (Å²) in [6.45, 7) is 0. The summed E-state index contributed by atoms with van der Waals surface area (Å²) in [5.41, 5.74) is 0.274. The Balaban J connectivity index is 2.22. The maximum Gasteiger partial charge on any atom is 0.258 e. The lowest BCUT2D eigenvalue weighted by Crippen LogP contribution is -2.14. The first-order valence-electron chi connectivity index (χ1n) is 4.69. The van der Waals surface area contributed by atoms with Crippen LogP contribution >= 0.6 is 22.6 Å². The van der Waals surface area contributed by atoms with Crippen molar-refractivity contribution in [3.8, 4) is 0 Å². The second kappa shape index (κ2) is 4.78. The lowest BCUT2D eigenvalue weighted by Gasteiger charge is -2.03. The van der Waals surface area contributed by atoms with Crippen LogP contribution in [0.3, 0.4) is 0 Å². The maximum atomic E-state index is 13.0. The summed E-state index contributed by atoms with van der Waals surface area (Å²) >= 11 is 1.97. The Kier molecular flexibility index (Phi) is 3.36. The highest BCUT2D eigenvalue weighted by Gasteiger charge is 2.12. The molecule has 0 spiro atoms. The monoisotopic (exact) mass is 346 g/mol. The topological polar surface area (TPSA) is 59.8 Å². The highest BCUT2D eigenvalue weighted by molar-refractivity contribution is 14.1. The lowest BCUT2D eigenvalue weighted by atomic mass is 10.2. The summed E-state index contributed by atoms with van der Waals surface area (Å²) in [7, 11) is 1.69. The molecule has 0 aliphatic heterocycles. The van der Waals surface area contributed by atoms with Crippen molar-refractivity contribution in [2.45, 2.75) is 0 Å². The molecule has 0 unspecified atom stereocenters. The van der Waals surface area contributed by atoms with Crippen LogP contribution in [0.1, 0.15) is 10.4 Å². The molecule has 0 aliphatic rings. The number of carbonyl (C=O) groups is 1. The standard InChI is InChI=1S/C10H8FIN4O/c1-16-5-9(14-15-16)13-10(17)7-4-6(11)2-3-8(7)12/h2-5H,1H3,(H,13,17). The van der Waals surface area contributed by atoms with E-state index in [9.17, 15) is 9.18 Å². The molecule has 0 bridgehead atoms. The molecular weight excluding hydrogens is 338 g/mol. The van der Waals surface area contributed by atoms with Crippen molar-refractivity contribution in [1.29, 1.82) is 0 Å². The molecule has 0 atom stereocenters. The number of anilines is 1. The van der Waals surface area contributed by atoms with Gasteiger partial charge in [0.2, 0.25) is 0 Å². The van der Waals surface area contributed by atoms with Crippen molar-refractivity contribution in [2.24, 2.45) is 7.05 Å². The molecule has 0 fully saturated rings. The van der Waals surface area contributed by atoms with Crippen molar-refractivity contribution in [3.63, 3.8) is 0 Å². The summed E-state index contributed by atoms with van der Waals surface area (Å²) in [4.78, 5) is 11.8. The molecule has 2 aromatic rings. The largest absolute Gasteiger partial charge is 0.304 e. The third kappa shape index (κ3) is 2.78. The van der Waals surface area contributed by atoms with E-state index in [-0.39, 0.29) is 5.56 Å². The summed E-state index contributed by atoms with van der Waals surface area (Å²) in [5, 5.41) is 9.94. The minimum atomic E-state index is -0.449. The molecule has 1 N–H and O–H groups in total. The zero-order chi connectivity index (χ0) is 12.4. The first-order valence-corrected chi connectivity index (χ1v) is 5.77. The number of hydrogen-bond donors (Lipinski definition) is 1. The highest BCUT2D eigenvalue weighted by atomic mass is 127. The Hall–Kier alpha value is -1.51. The molecule has 1 aromatic heterocycles. The molecule has 0 saturated heterocycles. The number of benzene rings is 1. The summed E-state index contributed by atoms with van der Waals surface area (Å²) in [6.07, 6.45) is 1.56. The van der Waals surface area contributed by atoms with E-state index in [0.29, 0.717) is 9.39 Å². The average molecular weight is 346 g/mol. The predicted molar refractivity (Wildman–Crippen MR) is 68.1 cm³/mol. The Morgan fingerprint density at radius 1 is 1.53 bits per heavy atom. The molecule has 17 heavy (non-hydrogen) atoms. The van der Waals surface area contributed by atoms with E-state index in [2.05, 4.69) is 15.6 Å². The quantitative estimate of drug-likeness (QED) is 0.844. The van der Waals surface area contributed by atoms with Crippen LogP contribution in [0.15, 0.2) is 24.4 Å². The maximum absolute atomic E-state index is 13.0. The zero-order valence-electron chi connectivity index (χ0n) is 8.82. The fourth-order valence-corrected chi connectivity index (χ4v) is 1.84. The van der Waals surface area contributed by atoms with Crippen LogP contribution in [-0.4, -0.2) is 20.9 Å². The van der Waals surface area contributed by atoms with Gasteiger partial charge in [0.15, 0.2) is 5.82 Å². The van der Waals surface area contributed by atoms with E-state index >= 15 is 0 Å². The molecule has 88 valence electrons. The van der Waals surface area contributed by atoms with Crippen molar-refractivity contribution in [2.75, 3.05) is 5.32 Å². The number of carbonyl (C=O) groups excluding carboxylic acids is 1. The average Bonchev–Trinajstić information content (AvgIpc) is 2.67. The van der Waals surface area contributed by atoms with Crippen molar-refractivity contribution >= 4 is 34.3 Å².